The van der Waals surface area contributed by atoms with Crippen molar-refractivity contribution in [2.45, 2.75) is 33.2 Å². The molecular formula is C20H28N2O4. The number of nitrogens with zero attached hydrogens (tertiary/aromatic N) is 2. The summed E-state index contributed by atoms with van der Waals surface area (Å²) in [4.78, 5) is 28.6. The first-order valence-corrected chi connectivity index (χ1v) is 9.11. The van der Waals surface area contributed by atoms with Gasteiger partial charge in [0, 0.05) is 38.9 Å². The molecular weight excluding hydrogens is 332 g/mol. The number of Topliss-reactive ketones (excluding diaryl/α,β-unsaturated/α-hetero) is 1. The first-order chi connectivity index (χ1) is 12.5. The minimum absolute atomic E-state index is 0.184. The smallest absolute Gasteiger partial charge is 0.290 e. The summed E-state index contributed by atoms with van der Waals surface area (Å²) in [6.07, 6.45) is 0.235. The summed E-state index contributed by atoms with van der Waals surface area (Å²) in [6, 6.07) is 7.26. The van der Waals surface area contributed by atoms with Gasteiger partial charge in [0.15, 0.2) is 11.5 Å². The lowest BCUT2D eigenvalue weighted by molar-refractivity contribution is -0.130. The molecule has 0 aliphatic carbocycles. The minimum Gasteiger partial charge on any atom is -0.503 e. The average Bonchev–Trinajstić information content (AvgIpc) is 2.92. The molecule has 1 aliphatic rings. The molecule has 1 aromatic carbocycles. The number of hydrogen-bond donors (Lipinski definition) is 1. The number of anilines is 1. The molecule has 0 aromatic heterocycles. The van der Waals surface area contributed by atoms with Crippen LogP contribution in [0.5, 0.6) is 0 Å². The maximum atomic E-state index is 12.5. The van der Waals surface area contributed by atoms with Crippen LogP contribution in [0, 0.1) is 0 Å². The molecule has 0 saturated carbocycles. The Morgan fingerprint density at radius 1 is 1.19 bits per heavy atom. The van der Waals surface area contributed by atoms with Gasteiger partial charge in [-0.2, -0.15) is 0 Å². The minimum atomic E-state index is -0.573. The van der Waals surface area contributed by atoms with Crippen molar-refractivity contribution in [3.63, 3.8) is 0 Å². The zero-order valence-corrected chi connectivity index (χ0v) is 16.0. The van der Waals surface area contributed by atoms with Crippen molar-refractivity contribution in [2.75, 3.05) is 38.3 Å². The zero-order valence-electron chi connectivity index (χ0n) is 16.0. The Morgan fingerprint density at radius 2 is 1.81 bits per heavy atom. The fourth-order valence-electron chi connectivity index (χ4n) is 3.35. The van der Waals surface area contributed by atoms with Crippen LogP contribution in [0.4, 0.5) is 5.69 Å². The molecule has 0 fully saturated rings. The second kappa shape index (κ2) is 8.85. The van der Waals surface area contributed by atoms with Crippen molar-refractivity contribution < 1.29 is 19.4 Å². The van der Waals surface area contributed by atoms with Crippen LogP contribution < -0.4 is 4.90 Å². The molecule has 0 radical (unpaired) electrons. The molecule has 1 amide bonds. The predicted octanol–water partition coefficient (Wildman–Crippen LogP) is 2.85. The number of aliphatic hydroxyl groups is 1. The lowest BCUT2D eigenvalue weighted by Gasteiger charge is -2.27. The fourth-order valence-corrected chi connectivity index (χ4v) is 3.35. The van der Waals surface area contributed by atoms with Gasteiger partial charge < -0.3 is 19.6 Å². The maximum absolute atomic E-state index is 12.5. The molecule has 0 spiro atoms. The van der Waals surface area contributed by atoms with Crippen molar-refractivity contribution in [2.24, 2.45) is 0 Å². The Morgan fingerprint density at radius 3 is 2.31 bits per heavy atom. The van der Waals surface area contributed by atoms with Crippen LogP contribution in [0.25, 0.3) is 0 Å². The average molecular weight is 360 g/mol. The van der Waals surface area contributed by atoms with E-state index < -0.39 is 17.7 Å². The van der Waals surface area contributed by atoms with Gasteiger partial charge >= 0.3 is 0 Å². The van der Waals surface area contributed by atoms with Crippen LogP contribution in [0.1, 0.15) is 38.8 Å². The lowest BCUT2D eigenvalue weighted by Crippen LogP contribution is -2.34. The third-order valence-electron chi connectivity index (χ3n) is 4.80. The normalized spacial score (nSPS) is 17.2. The van der Waals surface area contributed by atoms with Crippen LogP contribution >= 0.6 is 0 Å². The fraction of sp³-hybridized carbons (Fsp3) is 0.500. The Balaban J connectivity index is 2.43. The van der Waals surface area contributed by atoms with Crippen molar-refractivity contribution in [3.8, 4) is 0 Å². The van der Waals surface area contributed by atoms with Gasteiger partial charge in [0.05, 0.1) is 18.2 Å². The molecule has 1 aromatic rings. The number of aliphatic hydroxyl groups excluding tert-OH is 1. The van der Waals surface area contributed by atoms with Gasteiger partial charge in [0.2, 0.25) is 0 Å². The molecule has 1 atom stereocenters. The molecule has 6 heteroatoms. The van der Waals surface area contributed by atoms with E-state index in [1.807, 2.05) is 24.3 Å². The molecule has 2 rings (SSSR count). The van der Waals surface area contributed by atoms with Crippen LogP contribution in [0.3, 0.4) is 0 Å². The quantitative estimate of drug-likeness (QED) is 0.733. The highest BCUT2D eigenvalue weighted by Crippen LogP contribution is 2.38. The highest BCUT2D eigenvalue weighted by Gasteiger charge is 2.42. The van der Waals surface area contributed by atoms with Crippen LogP contribution in [0.2, 0.25) is 0 Å². The molecule has 1 N–H and O–H groups in total. The molecule has 142 valence electrons. The summed E-state index contributed by atoms with van der Waals surface area (Å²) in [7, 11) is 1.56. The molecule has 0 bridgehead atoms. The highest BCUT2D eigenvalue weighted by molar-refractivity contribution is 6.08. The second-order valence-corrected chi connectivity index (χ2v) is 6.20. The van der Waals surface area contributed by atoms with E-state index in [0.29, 0.717) is 13.2 Å². The lowest BCUT2D eigenvalue weighted by atomic mass is 9.95. The van der Waals surface area contributed by atoms with E-state index in [2.05, 4.69) is 18.7 Å². The van der Waals surface area contributed by atoms with E-state index in [0.717, 1.165) is 24.3 Å². The SMILES string of the molecule is CCC(=O)C1=C(O)C(=O)N(CCOC)C1c1ccc(N(CC)CC)cc1. The van der Waals surface area contributed by atoms with E-state index in [1.165, 1.54) is 4.90 Å². The Kier molecular flexibility index (Phi) is 6.80. The van der Waals surface area contributed by atoms with E-state index >= 15 is 0 Å². The molecule has 6 nitrogen and oxygen atoms in total. The van der Waals surface area contributed by atoms with Gasteiger partial charge in [-0.05, 0) is 31.5 Å². The highest BCUT2D eigenvalue weighted by atomic mass is 16.5. The van der Waals surface area contributed by atoms with E-state index in [4.69, 9.17) is 4.74 Å². The molecule has 26 heavy (non-hydrogen) atoms. The van der Waals surface area contributed by atoms with Crippen molar-refractivity contribution in [1.82, 2.24) is 4.90 Å². The van der Waals surface area contributed by atoms with Crippen molar-refractivity contribution >= 4 is 17.4 Å². The van der Waals surface area contributed by atoms with E-state index in [-0.39, 0.29) is 17.8 Å². The summed E-state index contributed by atoms with van der Waals surface area (Å²) in [5, 5.41) is 10.3. The van der Waals surface area contributed by atoms with Gasteiger partial charge in [-0.1, -0.05) is 19.1 Å². The number of rotatable bonds is 9. The predicted molar refractivity (Wildman–Crippen MR) is 101 cm³/mol. The van der Waals surface area contributed by atoms with E-state index in [9.17, 15) is 14.7 Å². The van der Waals surface area contributed by atoms with Crippen molar-refractivity contribution in [1.29, 1.82) is 0 Å². The number of amides is 1. The summed E-state index contributed by atoms with van der Waals surface area (Å²) in [5.74, 6) is -1.17. The van der Waals surface area contributed by atoms with Crippen LogP contribution in [-0.2, 0) is 14.3 Å². The van der Waals surface area contributed by atoms with Crippen LogP contribution in [-0.4, -0.2) is 55.0 Å². The van der Waals surface area contributed by atoms with Gasteiger partial charge in [-0.25, -0.2) is 0 Å². The molecule has 1 unspecified atom stereocenters. The van der Waals surface area contributed by atoms with Gasteiger partial charge in [0.25, 0.3) is 5.91 Å². The number of benzene rings is 1. The number of carbonyl (C=O) groups excluding carboxylic acids is 2. The summed E-state index contributed by atoms with van der Waals surface area (Å²) in [5.41, 5.74) is 2.08. The largest absolute Gasteiger partial charge is 0.503 e. The monoisotopic (exact) mass is 360 g/mol. The Hall–Kier alpha value is -2.34. The van der Waals surface area contributed by atoms with Crippen molar-refractivity contribution in [3.05, 3.63) is 41.2 Å². The first-order valence-electron chi connectivity index (χ1n) is 9.11. The van der Waals surface area contributed by atoms with Crippen LogP contribution in [0.15, 0.2) is 35.6 Å². The van der Waals surface area contributed by atoms with Gasteiger partial charge in [0.1, 0.15) is 0 Å². The third kappa shape index (κ3) is 3.75. The molecule has 1 heterocycles. The first kappa shape index (κ1) is 20.0. The number of ether oxygens (including phenoxy) is 1. The Labute approximate surface area is 155 Å². The topological polar surface area (TPSA) is 70.1 Å². The number of ketones is 1. The Bertz CT molecular complexity index is 678. The third-order valence-corrected chi connectivity index (χ3v) is 4.80. The summed E-state index contributed by atoms with van der Waals surface area (Å²) in [6.45, 7) is 8.36. The second-order valence-electron chi connectivity index (χ2n) is 6.20. The number of hydrogen-bond acceptors (Lipinski definition) is 5. The standard InChI is InChI=1S/C20H28N2O4/c1-5-16(23)17-18(22(12-13-26-4)20(25)19(17)24)14-8-10-15(11-9-14)21(6-2)7-3/h8-11,18,24H,5-7,12-13H2,1-4H3. The zero-order chi connectivity index (χ0) is 19.3. The maximum Gasteiger partial charge on any atom is 0.290 e. The molecule has 0 saturated heterocycles. The summed E-state index contributed by atoms with van der Waals surface area (Å²) >= 11 is 0. The molecule has 1 aliphatic heterocycles. The van der Waals surface area contributed by atoms with E-state index in [1.54, 1.807) is 14.0 Å². The number of carbonyl (C=O) groups is 2. The van der Waals surface area contributed by atoms with Gasteiger partial charge in [-0.3, -0.25) is 9.59 Å². The van der Waals surface area contributed by atoms with Gasteiger partial charge in [-0.15, -0.1) is 0 Å². The number of methoxy groups -OCH3 is 1. The summed E-state index contributed by atoms with van der Waals surface area (Å²) < 4.78 is 5.09.